The molecule has 1 saturated heterocycles. The average Bonchev–Trinajstić information content (AvgIpc) is 3.67. The first-order chi connectivity index (χ1) is 15.1. The van der Waals surface area contributed by atoms with Crippen LogP contribution in [0.4, 0.5) is 13.6 Å². The highest BCUT2D eigenvalue weighted by atomic mass is 19.3. The number of hydrogen-bond acceptors (Lipinski definition) is 3. The summed E-state index contributed by atoms with van der Waals surface area (Å²) in [5, 5.41) is 19.9. The topological polar surface area (TPSA) is 117 Å². The van der Waals surface area contributed by atoms with E-state index in [9.17, 15) is 18.4 Å². The molecule has 1 atom stereocenters. The van der Waals surface area contributed by atoms with E-state index in [0.29, 0.717) is 23.8 Å². The van der Waals surface area contributed by atoms with Gasteiger partial charge in [0.15, 0.2) is 0 Å². The Kier molecular flexibility index (Phi) is 7.03. The van der Waals surface area contributed by atoms with E-state index in [1.54, 1.807) is 30.3 Å². The van der Waals surface area contributed by atoms with Gasteiger partial charge in [0.2, 0.25) is 5.91 Å². The van der Waals surface area contributed by atoms with Gasteiger partial charge in [0, 0.05) is 25.9 Å². The molecule has 3 aliphatic rings. The van der Waals surface area contributed by atoms with Crippen molar-refractivity contribution in [2.75, 3.05) is 13.1 Å². The maximum absolute atomic E-state index is 13.9. The van der Waals surface area contributed by atoms with Gasteiger partial charge in [-0.15, -0.1) is 0 Å². The Hall–Kier alpha value is -2.73. The third-order valence-electron chi connectivity index (χ3n) is 6.50. The Labute approximate surface area is 186 Å². The molecule has 2 aliphatic carbocycles. The van der Waals surface area contributed by atoms with Gasteiger partial charge in [-0.2, -0.15) is 5.26 Å². The van der Waals surface area contributed by atoms with Crippen LogP contribution in [0.3, 0.4) is 0 Å². The van der Waals surface area contributed by atoms with E-state index in [-0.39, 0.29) is 0 Å². The summed E-state index contributed by atoms with van der Waals surface area (Å²) in [6, 6.07) is 8.60. The van der Waals surface area contributed by atoms with Gasteiger partial charge in [-0.25, -0.2) is 13.6 Å². The van der Waals surface area contributed by atoms with Crippen LogP contribution in [0, 0.1) is 16.7 Å². The fourth-order valence-electron chi connectivity index (χ4n) is 3.92. The van der Waals surface area contributed by atoms with Crippen molar-refractivity contribution >= 4 is 12.0 Å². The standard InChI is InChI=1S/C15H16F2N3O.C8H13NO2/c16-15(17,8-11-4-2-1-3-5-11)9-12(19)13(21)20-14(10-18)6-7-14;10-7(11)9-5-3-8(1-2-8)4-6-9/h1-5,12,19H,6-9H2,(H,20,21);1-6H2,(H,10,11)/q-1;/t12-;/m0./s1. The van der Waals surface area contributed by atoms with Gasteiger partial charge in [-0.1, -0.05) is 36.4 Å². The van der Waals surface area contributed by atoms with E-state index in [2.05, 4.69) is 5.32 Å². The van der Waals surface area contributed by atoms with Crippen molar-refractivity contribution in [1.82, 2.24) is 10.2 Å². The van der Waals surface area contributed by atoms with Crippen molar-refractivity contribution in [2.24, 2.45) is 5.41 Å². The maximum Gasteiger partial charge on any atom is 0.407 e. The largest absolute Gasteiger partial charge is 0.667 e. The van der Waals surface area contributed by atoms with Crippen LogP contribution in [0.1, 0.15) is 50.5 Å². The van der Waals surface area contributed by atoms with E-state index in [0.717, 1.165) is 25.9 Å². The molecule has 9 heteroatoms. The van der Waals surface area contributed by atoms with Crippen LogP contribution in [0.25, 0.3) is 5.73 Å². The normalized spacial score (nSPS) is 20.9. The highest BCUT2D eigenvalue weighted by molar-refractivity contribution is 5.84. The van der Waals surface area contributed by atoms with Crippen LogP contribution in [-0.4, -0.2) is 52.6 Å². The van der Waals surface area contributed by atoms with Crippen LogP contribution in [0.15, 0.2) is 30.3 Å². The minimum absolute atomic E-state index is 0.464. The SMILES string of the molecule is N#CC1(NC(=O)[C@@H]([NH-])CC(F)(F)Cc2ccccc2)CC1.O=C(O)N1CCC2(CC1)CC2. The van der Waals surface area contributed by atoms with E-state index in [1.165, 1.54) is 17.7 Å². The molecule has 32 heavy (non-hydrogen) atoms. The number of nitrogens with one attached hydrogen (secondary N) is 2. The van der Waals surface area contributed by atoms with Crippen LogP contribution in [0.2, 0.25) is 0 Å². The molecule has 1 aliphatic heterocycles. The summed E-state index contributed by atoms with van der Waals surface area (Å²) < 4.78 is 27.8. The van der Waals surface area contributed by atoms with Crippen molar-refractivity contribution in [3.63, 3.8) is 0 Å². The van der Waals surface area contributed by atoms with Gasteiger partial charge >= 0.3 is 6.09 Å². The van der Waals surface area contributed by atoms with E-state index in [4.69, 9.17) is 16.1 Å². The number of halogens is 2. The predicted octanol–water partition coefficient (Wildman–Crippen LogP) is 4.39. The molecular weight excluding hydrogens is 418 g/mol. The first kappa shape index (κ1) is 23.9. The fraction of sp³-hybridized carbons (Fsp3) is 0.609. The Bertz CT molecular complexity index is 854. The van der Waals surface area contributed by atoms with Gasteiger partial charge in [-0.3, -0.25) is 4.79 Å². The number of likely N-dealkylation sites (tertiary alicyclic amines) is 1. The number of nitriles is 1. The zero-order chi connectivity index (χ0) is 23.4. The fourth-order valence-corrected chi connectivity index (χ4v) is 3.92. The van der Waals surface area contributed by atoms with Crippen LogP contribution < -0.4 is 5.32 Å². The van der Waals surface area contributed by atoms with Crippen molar-refractivity contribution in [3.8, 4) is 6.07 Å². The molecule has 1 aromatic rings. The van der Waals surface area contributed by atoms with E-state index >= 15 is 0 Å². The second-order valence-corrected chi connectivity index (χ2v) is 9.23. The molecule has 0 unspecified atom stereocenters. The number of hydrogen-bond donors (Lipinski definition) is 2. The molecular formula is C23H29F2N4O3-. The summed E-state index contributed by atoms with van der Waals surface area (Å²) in [5.41, 5.74) is 7.71. The van der Waals surface area contributed by atoms with Gasteiger partial charge in [-0.05, 0) is 49.5 Å². The Morgan fingerprint density at radius 1 is 1.16 bits per heavy atom. The highest BCUT2D eigenvalue weighted by Crippen LogP contribution is 2.53. The zero-order valence-electron chi connectivity index (χ0n) is 17.9. The lowest BCUT2D eigenvalue weighted by Gasteiger charge is -2.29. The molecule has 3 fully saturated rings. The number of rotatable bonds is 6. The summed E-state index contributed by atoms with van der Waals surface area (Å²) >= 11 is 0. The number of carbonyl (C=O) groups excluding carboxylic acids is 1. The van der Waals surface area contributed by atoms with E-state index < -0.39 is 42.3 Å². The number of carboxylic acid groups (broad SMARTS) is 1. The average molecular weight is 448 g/mol. The molecule has 1 spiro atoms. The second kappa shape index (κ2) is 9.41. The maximum atomic E-state index is 13.9. The number of piperidine rings is 1. The lowest BCUT2D eigenvalue weighted by Crippen LogP contribution is -2.43. The van der Waals surface area contributed by atoms with Crippen molar-refractivity contribution in [3.05, 3.63) is 41.6 Å². The van der Waals surface area contributed by atoms with Gasteiger partial charge < -0.3 is 21.1 Å². The monoisotopic (exact) mass is 447 g/mol. The summed E-state index contributed by atoms with van der Waals surface area (Å²) in [4.78, 5) is 23.7. The quantitative estimate of drug-likeness (QED) is 0.672. The third-order valence-corrected chi connectivity index (χ3v) is 6.50. The Morgan fingerprint density at radius 2 is 1.75 bits per heavy atom. The zero-order valence-corrected chi connectivity index (χ0v) is 17.9. The second-order valence-electron chi connectivity index (χ2n) is 9.23. The van der Waals surface area contributed by atoms with Crippen molar-refractivity contribution < 1.29 is 23.5 Å². The molecule has 7 nitrogen and oxygen atoms in total. The molecule has 4 rings (SSSR count). The van der Waals surface area contributed by atoms with Gasteiger partial charge in [0.05, 0.1) is 6.07 Å². The number of nitrogens with zero attached hydrogens (tertiary/aromatic N) is 2. The van der Waals surface area contributed by atoms with Gasteiger partial charge in [0.25, 0.3) is 5.92 Å². The van der Waals surface area contributed by atoms with Gasteiger partial charge in [0.1, 0.15) is 5.54 Å². The number of benzene rings is 1. The first-order valence-electron chi connectivity index (χ1n) is 10.9. The molecule has 0 radical (unpaired) electrons. The number of carbonyl (C=O) groups is 2. The van der Waals surface area contributed by atoms with E-state index in [1.807, 2.05) is 6.07 Å². The lowest BCUT2D eigenvalue weighted by atomic mass is 9.94. The number of amides is 2. The molecule has 0 aromatic heterocycles. The van der Waals surface area contributed by atoms with Crippen molar-refractivity contribution in [1.29, 1.82) is 5.26 Å². The van der Waals surface area contributed by atoms with Crippen LogP contribution in [0.5, 0.6) is 0 Å². The Morgan fingerprint density at radius 3 is 2.22 bits per heavy atom. The smallest absolute Gasteiger partial charge is 0.407 e. The molecule has 0 bridgehead atoms. The molecule has 1 aromatic carbocycles. The predicted molar refractivity (Wildman–Crippen MR) is 114 cm³/mol. The third kappa shape index (κ3) is 6.63. The lowest BCUT2D eigenvalue weighted by molar-refractivity contribution is -0.124. The minimum atomic E-state index is -3.13. The van der Waals surface area contributed by atoms with Crippen molar-refractivity contribution in [2.45, 2.75) is 68.9 Å². The molecule has 174 valence electrons. The van der Waals surface area contributed by atoms with Crippen LogP contribution >= 0.6 is 0 Å². The highest BCUT2D eigenvalue weighted by Gasteiger charge is 2.46. The minimum Gasteiger partial charge on any atom is -0.667 e. The number of alkyl halides is 2. The molecule has 1 heterocycles. The molecule has 2 amide bonds. The molecule has 2 saturated carbocycles. The summed E-state index contributed by atoms with van der Waals surface area (Å²) in [5.74, 6) is -3.93. The Balaban J connectivity index is 0.000000219. The van der Waals surface area contributed by atoms with Crippen LogP contribution in [-0.2, 0) is 11.2 Å². The summed E-state index contributed by atoms with van der Waals surface area (Å²) in [6.45, 7) is 1.52. The first-order valence-corrected chi connectivity index (χ1v) is 10.9. The summed E-state index contributed by atoms with van der Waals surface area (Å²) in [7, 11) is 0. The summed E-state index contributed by atoms with van der Waals surface area (Å²) in [6.07, 6.45) is 3.79. The molecule has 3 N–H and O–H groups in total.